The number of ether oxygens (including phenoxy) is 2. The van der Waals surface area contributed by atoms with Crippen molar-refractivity contribution in [3.63, 3.8) is 0 Å². The number of methoxy groups -OCH3 is 2. The van der Waals surface area contributed by atoms with Crippen LogP contribution in [0.15, 0.2) is 17.1 Å². The van der Waals surface area contributed by atoms with Gasteiger partial charge in [0.15, 0.2) is 16.8 Å². The highest BCUT2D eigenvalue weighted by Gasteiger charge is 2.18. The van der Waals surface area contributed by atoms with Crippen molar-refractivity contribution >= 4 is 22.6 Å². The molecule has 0 saturated carbocycles. The summed E-state index contributed by atoms with van der Waals surface area (Å²) in [6.45, 7) is 0.720. The van der Waals surface area contributed by atoms with Crippen LogP contribution in [0.5, 0.6) is 11.5 Å². The number of benzene rings is 1. The van der Waals surface area contributed by atoms with E-state index < -0.39 is 0 Å². The molecule has 4 nitrogen and oxygen atoms in total. The van der Waals surface area contributed by atoms with E-state index >= 15 is 0 Å². The molecule has 0 saturated heterocycles. The third-order valence-corrected chi connectivity index (χ3v) is 2.89. The Balaban J connectivity index is 2.51. The van der Waals surface area contributed by atoms with Crippen molar-refractivity contribution in [1.29, 1.82) is 0 Å². The van der Waals surface area contributed by atoms with Crippen molar-refractivity contribution in [2.24, 2.45) is 4.99 Å². The molecule has 1 heterocycles. The third-order valence-electron chi connectivity index (χ3n) is 2.52. The van der Waals surface area contributed by atoms with Gasteiger partial charge in [-0.05, 0) is 17.7 Å². The van der Waals surface area contributed by atoms with E-state index in [1.54, 1.807) is 14.2 Å². The number of hydrogen-bond acceptors (Lipinski definition) is 4. The van der Waals surface area contributed by atoms with Gasteiger partial charge in [-0.2, -0.15) is 0 Å². The highest BCUT2D eigenvalue weighted by atomic mass is 35.5. The Morgan fingerprint density at radius 2 is 1.88 bits per heavy atom. The molecule has 5 heteroatoms. The lowest BCUT2D eigenvalue weighted by molar-refractivity contribution is 0.354. The summed E-state index contributed by atoms with van der Waals surface area (Å²) in [4.78, 5) is 6.15. The lowest BCUT2D eigenvalue weighted by Gasteiger charge is -2.24. The summed E-state index contributed by atoms with van der Waals surface area (Å²) in [6.07, 6.45) is 0. The van der Waals surface area contributed by atoms with Crippen LogP contribution in [-0.2, 0) is 6.54 Å². The predicted molar refractivity (Wildman–Crippen MR) is 64.0 cm³/mol. The SMILES string of the molecule is COc1cc2c(cc1OC)N=C(Cl)N(C)C2. The number of hydrogen-bond donors (Lipinski definition) is 0. The maximum Gasteiger partial charge on any atom is 0.199 e. The molecular weight excluding hydrogens is 228 g/mol. The summed E-state index contributed by atoms with van der Waals surface area (Å²) in [5.74, 6) is 1.38. The van der Waals surface area contributed by atoms with Gasteiger partial charge < -0.3 is 14.4 Å². The fraction of sp³-hybridized carbons (Fsp3) is 0.364. The topological polar surface area (TPSA) is 34.1 Å². The molecule has 0 N–H and O–H groups in total. The molecule has 0 atom stereocenters. The van der Waals surface area contributed by atoms with E-state index in [4.69, 9.17) is 21.1 Å². The first kappa shape index (κ1) is 11.1. The molecule has 0 unspecified atom stereocenters. The molecule has 0 amide bonds. The molecule has 1 aromatic rings. The second-order valence-corrected chi connectivity index (χ2v) is 3.91. The second kappa shape index (κ2) is 4.22. The largest absolute Gasteiger partial charge is 0.493 e. The van der Waals surface area contributed by atoms with Gasteiger partial charge in [-0.3, -0.25) is 0 Å². The summed E-state index contributed by atoms with van der Waals surface area (Å²) in [6, 6.07) is 3.76. The maximum absolute atomic E-state index is 5.97. The molecule has 1 aromatic carbocycles. The van der Waals surface area contributed by atoms with Crippen molar-refractivity contribution in [3.05, 3.63) is 17.7 Å². The molecule has 0 bridgehead atoms. The minimum Gasteiger partial charge on any atom is -0.493 e. The first-order valence-corrected chi connectivity index (χ1v) is 5.23. The molecule has 0 radical (unpaired) electrons. The zero-order valence-corrected chi connectivity index (χ0v) is 10.2. The van der Waals surface area contributed by atoms with Crippen molar-refractivity contribution in [2.45, 2.75) is 6.54 Å². The number of fused-ring (bicyclic) bond motifs is 1. The Morgan fingerprint density at radius 3 is 2.50 bits per heavy atom. The summed E-state index contributed by atoms with van der Waals surface area (Å²) in [5.41, 5.74) is 1.91. The molecule has 2 rings (SSSR count). The molecule has 0 fully saturated rings. The number of rotatable bonds is 2. The van der Waals surface area contributed by atoms with Gasteiger partial charge in [0, 0.05) is 25.2 Å². The lowest BCUT2D eigenvalue weighted by Crippen LogP contribution is -2.24. The predicted octanol–water partition coefficient (Wildman–Crippen LogP) is 2.38. The smallest absolute Gasteiger partial charge is 0.199 e. The van der Waals surface area contributed by atoms with Gasteiger partial charge in [0.25, 0.3) is 0 Å². The quantitative estimate of drug-likeness (QED) is 0.745. The van der Waals surface area contributed by atoms with E-state index in [0.29, 0.717) is 16.8 Å². The molecule has 1 aliphatic rings. The zero-order valence-electron chi connectivity index (χ0n) is 9.45. The Morgan fingerprint density at radius 1 is 1.25 bits per heavy atom. The van der Waals surface area contributed by atoms with Crippen LogP contribution in [-0.4, -0.2) is 31.5 Å². The standard InChI is InChI=1S/C11H13ClN2O2/c1-14-6-7-4-9(15-2)10(16-3)5-8(7)13-11(14)12/h4-5H,6H2,1-3H3. The van der Waals surface area contributed by atoms with Crippen LogP contribution in [0, 0.1) is 0 Å². The first-order chi connectivity index (χ1) is 7.65. The minimum atomic E-state index is 0.486. The Kier molecular flexibility index (Phi) is 2.92. The van der Waals surface area contributed by atoms with Crippen LogP contribution in [0.4, 0.5) is 5.69 Å². The molecule has 0 aliphatic carbocycles. The fourth-order valence-corrected chi connectivity index (χ4v) is 1.80. The molecule has 86 valence electrons. The van der Waals surface area contributed by atoms with Gasteiger partial charge in [-0.25, -0.2) is 4.99 Å². The molecule has 16 heavy (non-hydrogen) atoms. The van der Waals surface area contributed by atoms with Crippen LogP contribution in [0.25, 0.3) is 0 Å². The van der Waals surface area contributed by atoms with Gasteiger partial charge >= 0.3 is 0 Å². The van der Waals surface area contributed by atoms with Crippen LogP contribution in [0.2, 0.25) is 0 Å². The van der Waals surface area contributed by atoms with Crippen molar-refractivity contribution in [1.82, 2.24) is 4.90 Å². The van der Waals surface area contributed by atoms with Gasteiger partial charge in [0.05, 0.1) is 19.9 Å². The Bertz CT molecular complexity index is 446. The van der Waals surface area contributed by atoms with Gasteiger partial charge in [0.2, 0.25) is 0 Å². The summed E-state index contributed by atoms with van der Waals surface area (Å²) < 4.78 is 10.5. The maximum atomic E-state index is 5.97. The van der Waals surface area contributed by atoms with Crippen molar-refractivity contribution in [2.75, 3.05) is 21.3 Å². The summed E-state index contributed by atoms with van der Waals surface area (Å²) in [7, 11) is 5.11. The van der Waals surface area contributed by atoms with E-state index in [-0.39, 0.29) is 0 Å². The zero-order chi connectivity index (χ0) is 11.7. The lowest BCUT2D eigenvalue weighted by atomic mass is 10.1. The van der Waals surface area contributed by atoms with Crippen LogP contribution in [0.3, 0.4) is 0 Å². The van der Waals surface area contributed by atoms with Gasteiger partial charge in [-0.1, -0.05) is 0 Å². The molecule has 0 aromatic heterocycles. The van der Waals surface area contributed by atoms with Crippen molar-refractivity contribution < 1.29 is 9.47 Å². The average Bonchev–Trinajstić information content (AvgIpc) is 2.29. The van der Waals surface area contributed by atoms with E-state index in [0.717, 1.165) is 17.8 Å². The monoisotopic (exact) mass is 240 g/mol. The normalized spacial score (nSPS) is 14.2. The Labute approximate surface area is 99.4 Å². The highest BCUT2D eigenvalue weighted by Crippen LogP contribution is 2.37. The van der Waals surface area contributed by atoms with Crippen molar-refractivity contribution in [3.8, 4) is 11.5 Å². The van der Waals surface area contributed by atoms with E-state index in [2.05, 4.69) is 4.99 Å². The van der Waals surface area contributed by atoms with Crippen LogP contribution >= 0.6 is 11.6 Å². The number of amidine groups is 1. The average molecular weight is 241 g/mol. The molecule has 1 aliphatic heterocycles. The van der Waals surface area contributed by atoms with Gasteiger partial charge in [-0.15, -0.1) is 0 Å². The second-order valence-electron chi connectivity index (χ2n) is 3.57. The summed E-state index contributed by atoms with van der Waals surface area (Å²) >= 11 is 5.97. The Hall–Kier alpha value is -1.42. The van der Waals surface area contributed by atoms with E-state index in [9.17, 15) is 0 Å². The molecular formula is C11H13ClN2O2. The fourth-order valence-electron chi connectivity index (χ4n) is 1.65. The third kappa shape index (κ3) is 1.80. The van der Waals surface area contributed by atoms with Gasteiger partial charge in [0.1, 0.15) is 0 Å². The molecule has 0 spiro atoms. The number of halogens is 1. The summed E-state index contributed by atoms with van der Waals surface area (Å²) in [5, 5.41) is 0.486. The highest BCUT2D eigenvalue weighted by molar-refractivity contribution is 6.64. The first-order valence-electron chi connectivity index (χ1n) is 4.86. The van der Waals surface area contributed by atoms with E-state index in [1.807, 2.05) is 24.1 Å². The minimum absolute atomic E-state index is 0.486. The number of nitrogens with zero attached hydrogens (tertiary/aromatic N) is 2. The van der Waals surface area contributed by atoms with Crippen LogP contribution < -0.4 is 9.47 Å². The van der Waals surface area contributed by atoms with E-state index in [1.165, 1.54) is 0 Å². The number of aliphatic imine (C=N–C) groups is 1. The van der Waals surface area contributed by atoms with Crippen LogP contribution in [0.1, 0.15) is 5.56 Å².